The molecule has 0 amide bonds. The topological polar surface area (TPSA) is 46.2 Å². The molecule has 0 unspecified atom stereocenters. The van der Waals surface area contributed by atoms with Crippen LogP contribution in [0.1, 0.15) is 0 Å². The van der Waals surface area contributed by atoms with E-state index >= 15 is 0 Å². The maximum atomic E-state index is 9.52. The molecule has 0 aliphatic rings. The molecule has 0 fully saturated rings. The van der Waals surface area contributed by atoms with Crippen LogP contribution in [0.15, 0.2) is 36.4 Å². The van der Waals surface area contributed by atoms with Crippen LogP contribution in [0.4, 0.5) is 5.69 Å². The zero-order valence-corrected chi connectivity index (χ0v) is 9.76. The van der Waals surface area contributed by atoms with E-state index in [2.05, 4.69) is 0 Å². The van der Waals surface area contributed by atoms with Gasteiger partial charge in [-0.25, -0.2) is 0 Å². The molecule has 0 atom stereocenters. The molecule has 0 saturated carbocycles. The van der Waals surface area contributed by atoms with E-state index < -0.39 is 0 Å². The monoisotopic (exact) mass is 253 g/mol. The van der Waals surface area contributed by atoms with Crippen LogP contribution >= 0.6 is 23.2 Å². The highest BCUT2D eigenvalue weighted by Crippen LogP contribution is 2.35. The molecule has 0 aromatic heterocycles. The lowest BCUT2D eigenvalue weighted by molar-refractivity contribution is 0.478. The van der Waals surface area contributed by atoms with Gasteiger partial charge in [-0.1, -0.05) is 41.4 Å². The van der Waals surface area contributed by atoms with Crippen LogP contribution in [0.5, 0.6) is 5.75 Å². The highest BCUT2D eigenvalue weighted by molar-refractivity contribution is 6.43. The molecule has 0 aliphatic heterocycles. The third-order valence-electron chi connectivity index (χ3n) is 2.29. The van der Waals surface area contributed by atoms with E-state index in [1.807, 2.05) is 6.07 Å². The van der Waals surface area contributed by atoms with E-state index in [1.54, 1.807) is 30.3 Å². The predicted molar refractivity (Wildman–Crippen MR) is 68.0 cm³/mol. The van der Waals surface area contributed by atoms with E-state index in [4.69, 9.17) is 28.9 Å². The summed E-state index contributed by atoms with van der Waals surface area (Å²) in [7, 11) is 0. The van der Waals surface area contributed by atoms with Crippen LogP contribution < -0.4 is 5.73 Å². The summed E-state index contributed by atoms with van der Waals surface area (Å²) in [5, 5.41) is 10.5. The van der Waals surface area contributed by atoms with E-state index in [1.165, 1.54) is 0 Å². The fourth-order valence-corrected chi connectivity index (χ4v) is 1.85. The number of benzene rings is 2. The van der Waals surface area contributed by atoms with Crippen molar-refractivity contribution in [3.8, 4) is 16.9 Å². The summed E-state index contributed by atoms with van der Waals surface area (Å²) in [5.74, 6) is 0.0357. The number of halogens is 2. The summed E-state index contributed by atoms with van der Waals surface area (Å²) in [6, 6.07) is 10.3. The molecule has 0 aliphatic carbocycles. The van der Waals surface area contributed by atoms with Gasteiger partial charge in [-0.05, 0) is 23.8 Å². The zero-order chi connectivity index (χ0) is 11.7. The average molecular weight is 254 g/mol. The Morgan fingerprint density at radius 3 is 2.50 bits per heavy atom. The lowest BCUT2D eigenvalue weighted by Crippen LogP contribution is -1.86. The molecule has 0 heterocycles. The second-order valence-corrected chi connectivity index (χ2v) is 4.16. The molecule has 82 valence electrons. The van der Waals surface area contributed by atoms with Crippen molar-refractivity contribution in [3.05, 3.63) is 46.4 Å². The lowest BCUT2D eigenvalue weighted by Gasteiger charge is -2.07. The third-order valence-corrected chi connectivity index (χ3v) is 3.11. The first-order chi connectivity index (χ1) is 7.59. The highest BCUT2D eigenvalue weighted by atomic mass is 35.5. The quantitative estimate of drug-likeness (QED) is 0.597. The molecule has 16 heavy (non-hydrogen) atoms. The smallest absolute Gasteiger partial charge is 0.139 e. The first kappa shape index (κ1) is 11.1. The van der Waals surface area contributed by atoms with Crippen LogP contribution in [0.25, 0.3) is 11.1 Å². The summed E-state index contributed by atoms with van der Waals surface area (Å²) in [6.07, 6.45) is 0. The normalized spacial score (nSPS) is 10.4. The van der Waals surface area contributed by atoms with E-state index in [9.17, 15) is 5.11 Å². The first-order valence-electron chi connectivity index (χ1n) is 4.62. The summed E-state index contributed by atoms with van der Waals surface area (Å²) in [5.41, 5.74) is 7.41. The van der Waals surface area contributed by atoms with Crippen molar-refractivity contribution in [2.24, 2.45) is 0 Å². The molecular formula is C12H9Cl2NO. The summed E-state index contributed by atoms with van der Waals surface area (Å²) in [6.45, 7) is 0. The molecular weight excluding hydrogens is 245 g/mol. The van der Waals surface area contributed by atoms with Crippen molar-refractivity contribution >= 4 is 28.9 Å². The number of phenolic OH excluding ortho intramolecular Hbond substituents is 1. The van der Waals surface area contributed by atoms with Crippen LogP contribution in [0.2, 0.25) is 10.0 Å². The summed E-state index contributed by atoms with van der Waals surface area (Å²) < 4.78 is 0. The Bertz CT molecular complexity index is 541. The van der Waals surface area contributed by atoms with E-state index in [0.29, 0.717) is 15.7 Å². The van der Waals surface area contributed by atoms with Gasteiger partial charge < -0.3 is 10.8 Å². The number of nitrogens with two attached hydrogens (primary N) is 1. The summed E-state index contributed by atoms with van der Waals surface area (Å²) in [4.78, 5) is 0. The second kappa shape index (κ2) is 4.24. The Balaban J connectivity index is 2.59. The zero-order valence-electron chi connectivity index (χ0n) is 8.24. The lowest BCUT2D eigenvalue weighted by atomic mass is 10.0. The SMILES string of the molecule is Nc1ccc(-c2cccc(Cl)c2Cl)cc1O. The third kappa shape index (κ3) is 1.94. The van der Waals surface area contributed by atoms with Crippen LogP contribution in [-0.2, 0) is 0 Å². The van der Waals surface area contributed by atoms with Crippen molar-refractivity contribution in [1.82, 2.24) is 0 Å². The number of nitrogen functional groups attached to an aromatic ring is 1. The molecule has 3 N–H and O–H groups in total. The number of hydrogen-bond acceptors (Lipinski definition) is 2. The highest BCUT2D eigenvalue weighted by Gasteiger charge is 2.08. The van der Waals surface area contributed by atoms with Gasteiger partial charge in [-0.2, -0.15) is 0 Å². The largest absolute Gasteiger partial charge is 0.506 e. The molecule has 0 saturated heterocycles. The van der Waals surface area contributed by atoms with Crippen LogP contribution in [0.3, 0.4) is 0 Å². The van der Waals surface area contributed by atoms with Gasteiger partial charge in [0.1, 0.15) is 5.75 Å². The summed E-state index contributed by atoms with van der Waals surface area (Å²) >= 11 is 12.0. The van der Waals surface area contributed by atoms with Gasteiger partial charge in [0.15, 0.2) is 0 Å². The minimum atomic E-state index is 0.0357. The number of aromatic hydroxyl groups is 1. The number of phenols is 1. The van der Waals surface area contributed by atoms with Crippen molar-refractivity contribution in [1.29, 1.82) is 0 Å². The Kier molecular flexibility index (Phi) is 2.95. The molecule has 2 aromatic rings. The van der Waals surface area contributed by atoms with Gasteiger partial charge in [0.25, 0.3) is 0 Å². The molecule has 0 radical (unpaired) electrons. The van der Waals surface area contributed by atoms with Gasteiger partial charge in [0.05, 0.1) is 15.7 Å². The second-order valence-electron chi connectivity index (χ2n) is 3.37. The van der Waals surface area contributed by atoms with Gasteiger partial charge >= 0.3 is 0 Å². The Morgan fingerprint density at radius 1 is 1.06 bits per heavy atom. The fraction of sp³-hybridized carbons (Fsp3) is 0. The van der Waals surface area contributed by atoms with Crippen molar-refractivity contribution in [2.45, 2.75) is 0 Å². The number of hydrogen-bond donors (Lipinski definition) is 2. The minimum Gasteiger partial charge on any atom is -0.506 e. The van der Waals surface area contributed by atoms with Crippen LogP contribution in [0, 0.1) is 0 Å². The minimum absolute atomic E-state index is 0.0357. The van der Waals surface area contributed by atoms with Crippen molar-refractivity contribution in [2.75, 3.05) is 5.73 Å². The molecule has 0 bridgehead atoms. The number of anilines is 1. The van der Waals surface area contributed by atoms with Gasteiger partial charge in [0.2, 0.25) is 0 Å². The van der Waals surface area contributed by atoms with Gasteiger partial charge in [-0.3, -0.25) is 0 Å². The molecule has 2 nitrogen and oxygen atoms in total. The Hall–Kier alpha value is -1.38. The van der Waals surface area contributed by atoms with Crippen molar-refractivity contribution < 1.29 is 5.11 Å². The van der Waals surface area contributed by atoms with E-state index in [-0.39, 0.29) is 5.75 Å². The Labute approximate surface area is 103 Å². The average Bonchev–Trinajstić information content (AvgIpc) is 2.26. The number of rotatable bonds is 1. The van der Waals surface area contributed by atoms with Gasteiger partial charge in [0, 0.05) is 5.56 Å². The molecule has 0 spiro atoms. The maximum absolute atomic E-state index is 9.52. The van der Waals surface area contributed by atoms with E-state index in [0.717, 1.165) is 11.1 Å². The van der Waals surface area contributed by atoms with Crippen LogP contribution in [-0.4, -0.2) is 5.11 Å². The molecule has 4 heteroatoms. The maximum Gasteiger partial charge on any atom is 0.139 e. The standard InChI is InChI=1S/C12H9Cl2NO/c13-9-3-1-2-8(12(9)14)7-4-5-10(15)11(16)6-7/h1-6,16H,15H2. The molecule has 2 aromatic carbocycles. The van der Waals surface area contributed by atoms with Gasteiger partial charge in [-0.15, -0.1) is 0 Å². The molecule has 2 rings (SSSR count). The predicted octanol–water partition coefficient (Wildman–Crippen LogP) is 3.95. The first-order valence-corrected chi connectivity index (χ1v) is 5.38. The Morgan fingerprint density at radius 2 is 1.81 bits per heavy atom. The fourth-order valence-electron chi connectivity index (χ4n) is 1.44. The van der Waals surface area contributed by atoms with Crippen molar-refractivity contribution in [3.63, 3.8) is 0 Å².